The number of ether oxygens (including phenoxy) is 1. The molecule has 2 nitrogen and oxygen atoms in total. The van der Waals surface area contributed by atoms with E-state index in [1.165, 1.54) is 16.9 Å². The van der Waals surface area contributed by atoms with Gasteiger partial charge >= 0.3 is 0 Å². The molecule has 2 atom stereocenters. The fraction of sp³-hybridized carbons (Fsp3) is 0.667. The largest absolute Gasteiger partial charge is 0.375 e. The standard InChI is InChI=1S/C18H27NOS/c1-3-18(4-2)11-15(9-10-20-18)19-17-13-21-12-14-7-5-6-8-16(14)17/h5-8,15,17,19H,3-4,9-13H2,1-2H3. The molecule has 3 heteroatoms. The van der Waals surface area contributed by atoms with Gasteiger partial charge in [0.25, 0.3) is 0 Å². The van der Waals surface area contributed by atoms with E-state index >= 15 is 0 Å². The summed E-state index contributed by atoms with van der Waals surface area (Å²) in [6, 6.07) is 10.0. The molecule has 2 unspecified atom stereocenters. The molecule has 0 aliphatic carbocycles. The minimum Gasteiger partial charge on any atom is -0.375 e. The Hall–Kier alpha value is -0.510. The Kier molecular flexibility index (Phi) is 4.92. The topological polar surface area (TPSA) is 21.3 Å². The Labute approximate surface area is 133 Å². The van der Waals surface area contributed by atoms with E-state index in [-0.39, 0.29) is 5.60 Å². The molecule has 0 bridgehead atoms. The molecule has 0 aromatic heterocycles. The first-order valence-electron chi connectivity index (χ1n) is 8.32. The molecule has 1 fully saturated rings. The molecule has 1 N–H and O–H groups in total. The van der Waals surface area contributed by atoms with Crippen LogP contribution in [-0.4, -0.2) is 24.0 Å². The van der Waals surface area contributed by atoms with Gasteiger partial charge in [0.1, 0.15) is 0 Å². The van der Waals surface area contributed by atoms with Crippen LogP contribution in [0.3, 0.4) is 0 Å². The van der Waals surface area contributed by atoms with E-state index in [1.807, 2.05) is 0 Å². The number of rotatable bonds is 4. The van der Waals surface area contributed by atoms with E-state index < -0.39 is 0 Å². The molecule has 1 aromatic carbocycles. The van der Waals surface area contributed by atoms with Crippen LogP contribution in [-0.2, 0) is 10.5 Å². The zero-order valence-corrected chi connectivity index (χ0v) is 14.0. The van der Waals surface area contributed by atoms with Gasteiger partial charge in [0.05, 0.1) is 5.60 Å². The maximum absolute atomic E-state index is 6.11. The molecule has 2 aliphatic rings. The summed E-state index contributed by atoms with van der Waals surface area (Å²) in [6.07, 6.45) is 4.55. The van der Waals surface area contributed by atoms with Gasteiger partial charge in [-0.05, 0) is 36.8 Å². The predicted octanol–water partition coefficient (Wildman–Crippen LogP) is 4.30. The van der Waals surface area contributed by atoms with Gasteiger partial charge in [0.2, 0.25) is 0 Å². The quantitative estimate of drug-likeness (QED) is 0.896. The lowest BCUT2D eigenvalue weighted by molar-refractivity contribution is -0.0939. The van der Waals surface area contributed by atoms with Gasteiger partial charge in [-0.1, -0.05) is 38.1 Å². The van der Waals surface area contributed by atoms with Crippen molar-refractivity contribution < 1.29 is 4.74 Å². The molecule has 3 rings (SSSR count). The van der Waals surface area contributed by atoms with Crippen molar-refractivity contribution in [1.82, 2.24) is 5.32 Å². The number of hydrogen-bond acceptors (Lipinski definition) is 3. The van der Waals surface area contributed by atoms with Gasteiger partial charge in [0, 0.05) is 30.2 Å². The van der Waals surface area contributed by atoms with Gasteiger partial charge in [-0.25, -0.2) is 0 Å². The van der Waals surface area contributed by atoms with Crippen molar-refractivity contribution in [3.63, 3.8) is 0 Å². The molecule has 1 aromatic rings. The number of benzene rings is 1. The van der Waals surface area contributed by atoms with Gasteiger partial charge in [-0.2, -0.15) is 11.8 Å². The predicted molar refractivity (Wildman–Crippen MR) is 90.8 cm³/mol. The Morgan fingerprint density at radius 3 is 2.90 bits per heavy atom. The fourth-order valence-electron chi connectivity index (χ4n) is 3.72. The van der Waals surface area contributed by atoms with E-state index in [2.05, 4.69) is 55.2 Å². The van der Waals surface area contributed by atoms with Crippen LogP contribution in [0.25, 0.3) is 0 Å². The molecule has 2 aliphatic heterocycles. The Balaban J connectivity index is 1.70. The molecule has 21 heavy (non-hydrogen) atoms. The summed E-state index contributed by atoms with van der Waals surface area (Å²) in [6.45, 7) is 5.43. The van der Waals surface area contributed by atoms with Gasteiger partial charge in [0.15, 0.2) is 0 Å². The molecule has 0 amide bonds. The third-order valence-corrected chi connectivity index (χ3v) is 6.28. The summed E-state index contributed by atoms with van der Waals surface area (Å²) < 4.78 is 6.11. The normalized spacial score (nSPS) is 28.1. The van der Waals surface area contributed by atoms with E-state index in [9.17, 15) is 0 Å². The molecule has 1 saturated heterocycles. The average molecular weight is 305 g/mol. The minimum absolute atomic E-state index is 0.108. The van der Waals surface area contributed by atoms with Crippen molar-refractivity contribution in [1.29, 1.82) is 0 Å². The molecule has 0 saturated carbocycles. The van der Waals surface area contributed by atoms with Crippen molar-refractivity contribution in [3.05, 3.63) is 35.4 Å². The van der Waals surface area contributed by atoms with Crippen LogP contribution in [0.15, 0.2) is 24.3 Å². The lowest BCUT2D eigenvalue weighted by atomic mass is 9.85. The Morgan fingerprint density at radius 1 is 1.29 bits per heavy atom. The summed E-state index contributed by atoms with van der Waals surface area (Å²) in [5.74, 6) is 2.36. The smallest absolute Gasteiger partial charge is 0.0692 e. The maximum Gasteiger partial charge on any atom is 0.0692 e. The second-order valence-corrected chi connectivity index (χ2v) is 7.39. The third kappa shape index (κ3) is 3.30. The summed E-state index contributed by atoms with van der Waals surface area (Å²) in [5, 5.41) is 3.94. The van der Waals surface area contributed by atoms with Gasteiger partial charge in [-0.15, -0.1) is 0 Å². The molecule has 0 spiro atoms. The highest BCUT2D eigenvalue weighted by molar-refractivity contribution is 7.98. The highest BCUT2D eigenvalue weighted by Gasteiger charge is 2.35. The molecule has 0 radical (unpaired) electrons. The van der Waals surface area contributed by atoms with Crippen LogP contribution in [0.4, 0.5) is 0 Å². The van der Waals surface area contributed by atoms with Crippen LogP contribution in [0, 0.1) is 0 Å². The number of thioether (sulfide) groups is 1. The highest BCUT2D eigenvalue weighted by atomic mass is 32.2. The number of hydrogen-bond donors (Lipinski definition) is 1. The van der Waals surface area contributed by atoms with Crippen molar-refractivity contribution >= 4 is 11.8 Å². The Morgan fingerprint density at radius 2 is 2.10 bits per heavy atom. The summed E-state index contributed by atoms with van der Waals surface area (Å²) in [4.78, 5) is 0. The Bertz CT molecular complexity index is 472. The van der Waals surface area contributed by atoms with Crippen LogP contribution in [0.1, 0.15) is 56.7 Å². The van der Waals surface area contributed by atoms with Crippen LogP contribution in [0.2, 0.25) is 0 Å². The molecular weight excluding hydrogens is 278 g/mol. The summed E-state index contributed by atoms with van der Waals surface area (Å²) in [7, 11) is 0. The van der Waals surface area contributed by atoms with E-state index in [4.69, 9.17) is 4.74 Å². The third-order valence-electron chi connectivity index (χ3n) is 5.19. The molecule has 116 valence electrons. The number of fused-ring (bicyclic) bond motifs is 1. The lowest BCUT2D eigenvalue weighted by Crippen LogP contribution is -2.48. The maximum atomic E-state index is 6.11. The van der Waals surface area contributed by atoms with Crippen LogP contribution < -0.4 is 5.32 Å². The minimum atomic E-state index is 0.108. The second-order valence-electron chi connectivity index (χ2n) is 6.36. The van der Waals surface area contributed by atoms with E-state index in [1.54, 1.807) is 0 Å². The zero-order chi connectivity index (χ0) is 14.7. The van der Waals surface area contributed by atoms with Gasteiger partial charge in [-0.3, -0.25) is 0 Å². The van der Waals surface area contributed by atoms with Crippen molar-refractivity contribution in [3.8, 4) is 0 Å². The first-order valence-corrected chi connectivity index (χ1v) is 9.47. The van der Waals surface area contributed by atoms with E-state index in [0.29, 0.717) is 12.1 Å². The summed E-state index contributed by atoms with van der Waals surface area (Å²) >= 11 is 2.05. The summed E-state index contributed by atoms with van der Waals surface area (Å²) in [5.41, 5.74) is 3.13. The van der Waals surface area contributed by atoms with Crippen molar-refractivity contribution in [2.45, 2.75) is 63.0 Å². The zero-order valence-electron chi connectivity index (χ0n) is 13.2. The van der Waals surface area contributed by atoms with Gasteiger partial charge < -0.3 is 10.1 Å². The van der Waals surface area contributed by atoms with Crippen LogP contribution in [0.5, 0.6) is 0 Å². The number of nitrogens with one attached hydrogen (secondary N) is 1. The molecule has 2 heterocycles. The average Bonchev–Trinajstić information content (AvgIpc) is 2.55. The second kappa shape index (κ2) is 6.72. The lowest BCUT2D eigenvalue weighted by Gasteiger charge is -2.42. The van der Waals surface area contributed by atoms with Crippen molar-refractivity contribution in [2.75, 3.05) is 12.4 Å². The van der Waals surface area contributed by atoms with E-state index in [0.717, 1.165) is 38.0 Å². The monoisotopic (exact) mass is 305 g/mol. The molecular formula is C18H27NOS. The first-order chi connectivity index (χ1) is 10.3. The SMILES string of the molecule is CCC1(CC)CC(NC2CSCc3ccccc32)CCO1. The first kappa shape index (κ1) is 15.4. The fourth-order valence-corrected chi connectivity index (χ4v) is 4.83. The van der Waals surface area contributed by atoms with Crippen LogP contribution >= 0.6 is 11.8 Å². The highest BCUT2D eigenvalue weighted by Crippen LogP contribution is 2.35. The van der Waals surface area contributed by atoms with Crippen molar-refractivity contribution in [2.24, 2.45) is 0 Å².